The number of nitrogens with zero attached hydrogens (tertiary/aromatic N) is 2. The normalized spacial score (nSPS) is 13.4. The molecule has 2 N–H and O–H groups in total. The summed E-state index contributed by atoms with van der Waals surface area (Å²) in [5.74, 6) is 0. The summed E-state index contributed by atoms with van der Waals surface area (Å²) in [6, 6.07) is 0.566. The van der Waals surface area contributed by atoms with Crippen LogP contribution < -0.4 is 5.32 Å². The maximum Gasteiger partial charge on any atom is 0.0585 e. The van der Waals surface area contributed by atoms with Crippen LogP contribution in [-0.2, 0) is 6.54 Å². The van der Waals surface area contributed by atoms with Gasteiger partial charge in [-0.15, -0.1) is 0 Å². The third-order valence-electron chi connectivity index (χ3n) is 2.26. The zero-order valence-electron chi connectivity index (χ0n) is 9.77. The Bertz CT molecular complexity index is 283. The molecular weight excluding hydrogens is 190 g/mol. The molecule has 86 valence electrons. The average Bonchev–Trinajstić information content (AvgIpc) is 2.58. The van der Waals surface area contributed by atoms with Crippen molar-refractivity contribution in [1.82, 2.24) is 15.1 Å². The molecular formula is C11H21N3O. The smallest absolute Gasteiger partial charge is 0.0585 e. The Morgan fingerprint density at radius 1 is 1.53 bits per heavy atom. The maximum atomic E-state index is 9.17. The Labute approximate surface area is 91.3 Å². The molecule has 1 heterocycles. The summed E-state index contributed by atoms with van der Waals surface area (Å²) < 4.78 is 1.92. The van der Waals surface area contributed by atoms with Crippen LogP contribution in [0.1, 0.15) is 25.8 Å². The van der Waals surface area contributed by atoms with Gasteiger partial charge in [-0.3, -0.25) is 4.68 Å². The second-order valence-corrected chi connectivity index (χ2v) is 4.27. The SMILES string of the molecule is Cc1cnn(CCC(CO)NC(C)C)c1. The van der Waals surface area contributed by atoms with E-state index in [4.69, 9.17) is 5.11 Å². The molecule has 0 aromatic carbocycles. The van der Waals surface area contributed by atoms with E-state index in [0.29, 0.717) is 6.04 Å². The first kappa shape index (κ1) is 12.2. The van der Waals surface area contributed by atoms with Crippen molar-refractivity contribution in [2.75, 3.05) is 6.61 Å². The van der Waals surface area contributed by atoms with Crippen LogP contribution in [0.15, 0.2) is 12.4 Å². The van der Waals surface area contributed by atoms with Crippen LogP contribution >= 0.6 is 0 Å². The molecule has 4 heteroatoms. The van der Waals surface area contributed by atoms with Gasteiger partial charge >= 0.3 is 0 Å². The van der Waals surface area contributed by atoms with Crippen molar-refractivity contribution in [2.45, 2.75) is 45.8 Å². The van der Waals surface area contributed by atoms with Gasteiger partial charge in [0, 0.05) is 24.8 Å². The molecule has 15 heavy (non-hydrogen) atoms. The average molecular weight is 211 g/mol. The second-order valence-electron chi connectivity index (χ2n) is 4.27. The molecule has 0 saturated heterocycles. The predicted octanol–water partition coefficient (Wildman–Crippen LogP) is 0.941. The Morgan fingerprint density at radius 2 is 2.27 bits per heavy atom. The Morgan fingerprint density at radius 3 is 2.73 bits per heavy atom. The van der Waals surface area contributed by atoms with Gasteiger partial charge in [-0.1, -0.05) is 13.8 Å². The highest BCUT2D eigenvalue weighted by atomic mass is 16.3. The number of aromatic nitrogens is 2. The van der Waals surface area contributed by atoms with Crippen LogP contribution in [-0.4, -0.2) is 33.6 Å². The van der Waals surface area contributed by atoms with Crippen molar-refractivity contribution in [3.05, 3.63) is 18.0 Å². The number of nitrogens with one attached hydrogen (secondary N) is 1. The lowest BCUT2D eigenvalue weighted by molar-refractivity contribution is 0.222. The molecule has 1 atom stereocenters. The van der Waals surface area contributed by atoms with E-state index in [2.05, 4.69) is 24.3 Å². The molecule has 0 bridgehead atoms. The third-order valence-corrected chi connectivity index (χ3v) is 2.26. The van der Waals surface area contributed by atoms with Crippen molar-refractivity contribution in [2.24, 2.45) is 0 Å². The summed E-state index contributed by atoms with van der Waals surface area (Å²) >= 11 is 0. The molecule has 0 amide bonds. The number of rotatable bonds is 6. The largest absolute Gasteiger partial charge is 0.395 e. The van der Waals surface area contributed by atoms with Gasteiger partial charge in [0.25, 0.3) is 0 Å². The highest BCUT2D eigenvalue weighted by Crippen LogP contribution is 1.99. The Balaban J connectivity index is 2.34. The lowest BCUT2D eigenvalue weighted by Gasteiger charge is -2.18. The first-order valence-electron chi connectivity index (χ1n) is 5.47. The van der Waals surface area contributed by atoms with E-state index in [0.717, 1.165) is 13.0 Å². The zero-order valence-corrected chi connectivity index (χ0v) is 9.77. The molecule has 1 aromatic rings. The molecule has 0 aliphatic carbocycles. The molecule has 0 spiro atoms. The summed E-state index contributed by atoms with van der Waals surface area (Å²) in [5.41, 5.74) is 1.17. The van der Waals surface area contributed by atoms with Gasteiger partial charge < -0.3 is 10.4 Å². The van der Waals surface area contributed by atoms with Crippen molar-refractivity contribution in [1.29, 1.82) is 0 Å². The molecule has 0 radical (unpaired) electrons. The van der Waals surface area contributed by atoms with Gasteiger partial charge in [0.05, 0.1) is 12.8 Å². The van der Waals surface area contributed by atoms with Gasteiger partial charge in [0.2, 0.25) is 0 Å². The van der Waals surface area contributed by atoms with Crippen LogP contribution in [0.4, 0.5) is 0 Å². The van der Waals surface area contributed by atoms with Crippen LogP contribution in [0.2, 0.25) is 0 Å². The van der Waals surface area contributed by atoms with Gasteiger partial charge in [-0.25, -0.2) is 0 Å². The number of aryl methyl sites for hydroxylation is 2. The molecule has 1 rings (SSSR count). The van der Waals surface area contributed by atoms with Crippen molar-refractivity contribution >= 4 is 0 Å². The van der Waals surface area contributed by atoms with E-state index in [1.54, 1.807) is 0 Å². The van der Waals surface area contributed by atoms with Crippen molar-refractivity contribution < 1.29 is 5.11 Å². The fraction of sp³-hybridized carbons (Fsp3) is 0.727. The molecule has 0 fully saturated rings. The summed E-state index contributed by atoms with van der Waals surface area (Å²) in [5, 5.41) is 16.7. The molecule has 0 saturated carbocycles. The minimum absolute atomic E-state index is 0.162. The summed E-state index contributed by atoms with van der Waals surface area (Å²) in [4.78, 5) is 0. The standard InChI is InChI=1S/C11H21N3O/c1-9(2)13-11(8-15)4-5-14-7-10(3)6-12-14/h6-7,9,11,13,15H,4-5,8H2,1-3H3. The van der Waals surface area contributed by atoms with Crippen molar-refractivity contribution in [3.8, 4) is 0 Å². The van der Waals surface area contributed by atoms with E-state index >= 15 is 0 Å². The van der Waals surface area contributed by atoms with E-state index in [1.807, 2.05) is 24.0 Å². The first-order chi connectivity index (χ1) is 7.11. The maximum absolute atomic E-state index is 9.17. The lowest BCUT2D eigenvalue weighted by Crippen LogP contribution is -2.38. The summed E-state index contributed by atoms with van der Waals surface area (Å²) in [7, 11) is 0. The van der Waals surface area contributed by atoms with Crippen molar-refractivity contribution in [3.63, 3.8) is 0 Å². The first-order valence-corrected chi connectivity index (χ1v) is 5.47. The van der Waals surface area contributed by atoms with E-state index in [-0.39, 0.29) is 12.6 Å². The fourth-order valence-electron chi connectivity index (χ4n) is 1.58. The number of hydrogen-bond donors (Lipinski definition) is 2. The summed E-state index contributed by atoms with van der Waals surface area (Å²) in [6.07, 6.45) is 4.77. The fourth-order valence-corrected chi connectivity index (χ4v) is 1.58. The lowest BCUT2D eigenvalue weighted by atomic mass is 10.2. The Kier molecular flexibility index (Phi) is 4.78. The number of aliphatic hydroxyl groups is 1. The van der Waals surface area contributed by atoms with Crippen LogP contribution in [0, 0.1) is 6.92 Å². The van der Waals surface area contributed by atoms with Gasteiger partial charge in [-0.05, 0) is 18.9 Å². The van der Waals surface area contributed by atoms with Gasteiger partial charge in [-0.2, -0.15) is 5.10 Å². The molecule has 4 nitrogen and oxygen atoms in total. The highest BCUT2D eigenvalue weighted by Gasteiger charge is 2.08. The Hall–Kier alpha value is -0.870. The highest BCUT2D eigenvalue weighted by molar-refractivity contribution is 4.99. The van der Waals surface area contributed by atoms with Crippen LogP contribution in [0.5, 0.6) is 0 Å². The quantitative estimate of drug-likeness (QED) is 0.736. The number of aliphatic hydroxyl groups excluding tert-OH is 1. The minimum Gasteiger partial charge on any atom is -0.395 e. The van der Waals surface area contributed by atoms with Crippen LogP contribution in [0.3, 0.4) is 0 Å². The third kappa shape index (κ3) is 4.44. The number of hydrogen-bond acceptors (Lipinski definition) is 3. The van der Waals surface area contributed by atoms with Gasteiger partial charge in [0.1, 0.15) is 0 Å². The van der Waals surface area contributed by atoms with Gasteiger partial charge in [0.15, 0.2) is 0 Å². The van der Waals surface area contributed by atoms with Crippen LogP contribution in [0.25, 0.3) is 0 Å². The zero-order chi connectivity index (χ0) is 11.3. The monoisotopic (exact) mass is 211 g/mol. The minimum atomic E-state index is 0.162. The van der Waals surface area contributed by atoms with E-state index in [1.165, 1.54) is 5.56 Å². The molecule has 0 aliphatic heterocycles. The molecule has 0 aliphatic rings. The molecule has 1 unspecified atom stereocenters. The van der Waals surface area contributed by atoms with E-state index < -0.39 is 0 Å². The molecule has 1 aromatic heterocycles. The predicted molar refractivity (Wildman–Crippen MR) is 60.7 cm³/mol. The second kappa shape index (κ2) is 5.88. The van der Waals surface area contributed by atoms with E-state index in [9.17, 15) is 0 Å². The summed E-state index contributed by atoms with van der Waals surface area (Å²) in [6.45, 7) is 7.22. The topological polar surface area (TPSA) is 50.1 Å².